The Kier molecular flexibility index (Phi) is 10.1. The molecule has 0 bridgehead atoms. The maximum Gasteiger partial charge on any atom is 0.264 e. The predicted molar refractivity (Wildman–Crippen MR) is 217 cm³/mol. The predicted octanol–water partition coefficient (Wildman–Crippen LogP) is 11.1. The lowest BCUT2D eigenvalue weighted by Crippen LogP contribution is -2.37. The Morgan fingerprint density at radius 1 is 0.904 bits per heavy atom. The van der Waals surface area contributed by atoms with Gasteiger partial charge in [-0.05, 0) is 111 Å². The molecule has 5 aromatic carbocycles. The maximum absolute atomic E-state index is 13.3. The minimum atomic E-state index is -0.202. The second-order valence-corrected chi connectivity index (χ2v) is 15.7. The number of methoxy groups -OCH3 is 1. The van der Waals surface area contributed by atoms with Crippen molar-refractivity contribution in [1.82, 2.24) is 5.32 Å². The number of carbonyl (C=O) groups is 1. The van der Waals surface area contributed by atoms with Crippen molar-refractivity contribution in [2.75, 3.05) is 25.1 Å². The Hall–Kier alpha value is -4.21. The van der Waals surface area contributed by atoms with E-state index in [0.29, 0.717) is 36.1 Å². The van der Waals surface area contributed by atoms with Crippen LogP contribution < -0.4 is 19.7 Å². The topological polar surface area (TPSA) is 63.2 Å². The van der Waals surface area contributed by atoms with Crippen molar-refractivity contribution in [3.05, 3.63) is 156 Å². The van der Waals surface area contributed by atoms with E-state index < -0.39 is 0 Å². The van der Waals surface area contributed by atoms with Gasteiger partial charge in [0.05, 0.1) is 22.2 Å². The Bertz CT molecular complexity index is 2160. The third-order valence-corrected chi connectivity index (χ3v) is 11.9. The second-order valence-electron chi connectivity index (χ2n) is 13.0. The number of benzene rings is 5. The lowest BCUT2D eigenvalue weighted by Gasteiger charge is -2.43. The molecule has 0 spiro atoms. The van der Waals surface area contributed by atoms with Gasteiger partial charge in [0.2, 0.25) is 0 Å². The quantitative estimate of drug-likeness (QED) is 0.158. The molecule has 2 atom stereocenters. The first-order valence-electron chi connectivity index (χ1n) is 17.1. The van der Waals surface area contributed by atoms with Crippen molar-refractivity contribution in [3.63, 3.8) is 0 Å². The molecule has 0 saturated carbocycles. The molecule has 1 saturated heterocycles. The number of anilines is 1. The van der Waals surface area contributed by atoms with Gasteiger partial charge in [-0.25, -0.2) is 4.99 Å². The number of thioether (sulfide) groups is 1. The van der Waals surface area contributed by atoms with Crippen molar-refractivity contribution in [1.29, 1.82) is 0 Å². The van der Waals surface area contributed by atoms with Crippen molar-refractivity contribution in [3.8, 4) is 11.5 Å². The molecule has 0 aromatic heterocycles. The van der Waals surface area contributed by atoms with E-state index in [1.165, 1.54) is 39.7 Å². The normalized spacial score (nSPS) is 19.5. The van der Waals surface area contributed by atoms with Crippen LogP contribution in [0.1, 0.15) is 58.1 Å². The van der Waals surface area contributed by atoms with Gasteiger partial charge in [0.25, 0.3) is 5.91 Å². The van der Waals surface area contributed by atoms with Gasteiger partial charge in [0, 0.05) is 46.2 Å². The summed E-state index contributed by atoms with van der Waals surface area (Å²) in [6.07, 6.45) is 3.92. The number of carbonyl (C=O) groups excluding carboxylic acids is 1. The monoisotopic (exact) mass is 809 g/mol. The fourth-order valence-corrected chi connectivity index (χ4v) is 9.28. The summed E-state index contributed by atoms with van der Waals surface area (Å²) in [5.41, 5.74) is 8.99. The van der Waals surface area contributed by atoms with Crippen LogP contribution in [0, 0.1) is 0 Å². The SMILES string of the molecule is COc1cc(/C=C2\SC(=Nc3cc4c5c(c3)[C@H](c3ccccc3)CCN5CC[C@@H]4c3ccccc3)NC2=O)cc(Br)c1OCc1ccc(Cl)cc1Cl. The number of amidine groups is 1. The summed E-state index contributed by atoms with van der Waals surface area (Å²) in [4.78, 5) is 21.5. The van der Waals surface area contributed by atoms with Crippen LogP contribution >= 0.6 is 50.9 Å². The summed E-state index contributed by atoms with van der Waals surface area (Å²) in [5.74, 6) is 1.38. The molecule has 52 heavy (non-hydrogen) atoms. The fraction of sp³-hybridized carbons (Fsp3) is 0.190. The van der Waals surface area contributed by atoms with Gasteiger partial charge in [-0.1, -0.05) is 89.9 Å². The molecule has 10 heteroatoms. The molecule has 0 radical (unpaired) electrons. The van der Waals surface area contributed by atoms with Crippen molar-refractivity contribution >= 4 is 79.4 Å². The number of rotatable bonds is 8. The zero-order valence-corrected chi connectivity index (χ0v) is 32.2. The number of aliphatic imine (C=N–C) groups is 1. The molecule has 0 unspecified atom stereocenters. The highest BCUT2D eigenvalue weighted by Gasteiger charge is 2.35. The Morgan fingerprint density at radius 3 is 2.17 bits per heavy atom. The molecule has 3 heterocycles. The minimum absolute atomic E-state index is 0.202. The molecule has 1 fully saturated rings. The number of nitrogens with one attached hydrogen (secondary N) is 1. The van der Waals surface area contributed by atoms with E-state index in [1.54, 1.807) is 19.2 Å². The first-order valence-corrected chi connectivity index (χ1v) is 19.5. The molecule has 3 aliphatic rings. The highest BCUT2D eigenvalue weighted by atomic mass is 79.9. The average Bonchev–Trinajstić information content (AvgIpc) is 3.49. The summed E-state index contributed by atoms with van der Waals surface area (Å²) in [7, 11) is 1.58. The zero-order valence-electron chi connectivity index (χ0n) is 28.2. The van der Waals surface area contributed by atoms with Gasteiger partial charge in [-0.2, -0.15) is 0 Å². The summed E-state index contributed by atoms with van der Waals surface area (Å²) >= 11 is 17.4. The van der Waals surface area contributed by atoms with E-state index >= 15 is 0 Å². The molecule has 0 aliphatic carbocycles. The summed E-state index contributed by atoms with van der Waals surface area (Å²) in [6.45, 7) is 2.28. The van der Waals surface area contributed by atoms with Crippen LogP contribution in [0.15, 0.2) is 117 Å². The maximum atomic E-state index is 13.3. The van der Waals surface area contributed by atoms with Crippen LogP contribution in [-0.4, -0.2) is 31.3 Å². The second kappa shape index (κ2) is 15.0. The van der Waals surface area contributed by atoms with Crippen molar-refractivity contribution < 1.29 is 14.3 Å². The Balaban J connectivity index is 1.10. The van der Waals surface area contributed by atoms with Gasteiger partial charge in [-0.3, -0.25) is 4.79 Å². The van der Waals surface area contributed by atoms with E-state index in [-0.39, 0.29) is 24.3 Å². The standard InChI is InChI=1S/C42H34BrCl2N3O3S/c1-50-37-19-25(18-35(43)40(37)51-24-28-12-13-29(44)21-36(28)45)20-38-41(49)47-42(52-38)46-30-22-33-31(26-8-4-2-5-9-26)14-16-48-17-15-32(34(23-30)39(33)48)27-10-6-3-7-11-27/h2-13,18-23,31-32H,14-17,24H2,1H3,(H,46,47,49)/b38-20-/t31-,32+. The highest BCUT2D eigenvalue weighted by Crippen LogP contribution is 2.50. The molecule has 6 nitrogen and oxygen atoms in total. The van der Waals surface area contributed by atoms with Crippen LogP contribution in [-0.2, 0) is 11.4 Å². The van der Waals surface area contributed by atoms with Crippen molar-refractivity contribution in [2.24, 2.45) is 4.99 Å². The highest BCUT2D eigenvalue weighted by molar-refractivity contribution is 9.10. The molecule has 1 amide bonds. The molecular formula is C42H34BrCl2N3O3S. The van der Waals surface area contributed by atoms with E-state index in [0.717, 1.165) is 42.7 Å². The van der Waals surface area contributed by atoms with Gasteiger partial charge in [0.15, 0.2) is 16.7 Å². The number of amides is 1. The zero-order chi connectivity index (χ0) is 35.8. The van der Waals surface area contributed by atoms with Gasteiger partial charge >= 0.3 is 0 Å². The number of ether oxygens (including phenoxy) is 2. The fourth-order valence-electron chi connectivity index (χ4n) is 7.41. The third kappa shape index (κ3) is 7.09. The first kappa shape index (κ1) is 34.9. The van der Waals surface area contributed by atoms with Crippen LogP contribution in [0.25, 0.3) is 6.08 Å². The first-order chi connectivity index (χ1) is 25.3. The third-order valence-electron chi connectivity index (χ3n) is 9.82. The smallest absolute Gasteiger partial charge is 0.264 e. The van der Waals surface area contributed by atoms with Crippen LogP contribution in [0.3, 0.4) is 0 Å². The van der Waals surface area contributed by atoms with Gasteiger partial charge in [-0.15, -0.1) is 0 Å². The van der Waals surface area contributed by atoms with E-state index in [4.69, 9.17) is 37.7 Å². The van der Waals surface area contributed by atoms with Crippen LogP contribution in [0.4, 0.5) is 11.4 Å². The van der Waals surface area contributed by atoms with Gasteiger partial charge < -0.3 is 19.7 Å². The average molecular weight is 812 g/mol. The molecule has 3 aliphatic heterocycles. The lowest BCUT2D eigenvalue weighted by molar-refractivity contribution is -0.115. The molecule has 262 valence electrons. The van der Waals surface area contributed by atoms with Crippen LogP contribution in [0.5, 0.6) is 11.5 Å². The number of hydrogen-bond acceptors (Lipinski definition) is 6. The summed E-state index contributed by atoms with van der Waals surface area (Å²) < 4.78 is 12.5. The van der Waals surface area contributed by atoms with E-state index in [2.05, 4.69) is 98.9 Å². The Labute approximate surface area is 326 Å². The molecule has 8 rings (SSSR count). The van der Waals surface area contributed by atoms with Gasteiger partial charge in [0.1, 0.15) is 6.61 Å². The number of halogens is 3. The lowest BCUT2D eigenvalue weighted by atomic mass is 9.76. The summed E-state index contributed by atoms with van der Waals surface area (Å²) in [6, 6.07) is 35.0. The van der Waals surface area contributed by atoms with E-state index in [1.807, 2.05) is 24.3 Å². The largest absolute Gasteiger partial charge is 0.493 e. The molecule has 1 N–H and O–H groups in total. The Morgan fingerprint density at radius 2 is 1.56 bits per heavy atom. The number of hydrogen-bond donors (Lipinski definition) is 1. The summed E-state index contributed by atoms with van der Waals surface area (Å²) in [5, 5.41) is 4.64. The van der Waals surface area contributed by atoms with Crippen LogP contribution in [0.2, 0.25) is 10.0 Å². The van der Waals surface area contributed by atoms with Crippen molar-refractivity contribution in [2.45, 2.75) is 31.3 Å². The van der Waals surface area contributed by atoms with E-state index in [9.17, 15) is 4.79 Å². The minimum Gasteiger partial charge on any atom is -0.493 e. The molecule has 5 aromatic rings. The number of nitrogens with zero attached hydrogens (tertiary/aromatic N) is 2. The molecular weight excluding hydrogens is 777 g/mol.